The van der Waals surface area contributed by atoms with Crippen LogP contribution in [0.5, 0.6) is 0 Å². The average Bonchev–Trinajstić information content (AvgIpc) is 3.39. The van der Waals surface area contributed by atoms with E-state index in [0.29, 0.717) is 22.3 Å². The van der Waals surface area contributed by atoms with Gasteiger partial charge in [0.25, 0.3) is 0 Å². The van der Waals surface area contributed by atoms with Crippen molar-refractivity contribution in [2.24, 2.45) is 5.41 Å². The molecule has 10 heteroatoms. The zero-order chi connectivity index (χ0) is 21.5. The summed E-state index contributed by atoms with van der Waals surface area (Å²) in [6.07, 6.45) is -2.37. The fraction of sp³-hybridized carbons (Fsp3) is 0.350. The first kappa shape index (κ1) is 20.3. The monoisotopic (exact) mass is 421 g/mol. The van der Waals surface area contributed by atoms with Gasteiger partial charge in [0.1, 0.15) is 6.10 Å². The molecule has 2 heterocycles. The highest BCUT2D eigenvalue weighted by molar-refractivity contribution is 5.87. The SMILES string of the molecule is O=C(O)c1ccc(-n2ncc3cc([C@@H](O)COCC4(C(F)(F)F)CC4)cnc32)cc1. The first-order chi connectivity index (χ1) is 14.2. The van der Waals surface area contributed by atoms with Crippen molar-refractivity contribution in [1.82, 2.24) is 14.8 Å². The zero-order valence-electron chi connectivity index (χ0n) is 15.6. The van der Waals surface area contributed by atoms with Crippen LogP contribution in [-0.4, -0.2) is 50.3 Å². The molecule has 0 bridgehead atoms. The van der Waals surface area contributed by atoms with Gasteiger partial charge in [-0.2, -0.15) is 18.3 Å². The van der Waals surface area contributed by atoms with E-state index < -0.39 is 30.3 Å². The molecule has 1 saturated carbocycles. The number of pyridine rings is 1. The lowest BCUT2D eigenvalue weighted by molar-refractivity contribution is -0.203. The summed E-state index contributed by atoms with van der Waals surface area (Å²) in [7, 11) is 0. The molecule has 0 spiro atoms. The van der Waals surface area contributed by atoms with E-state index in [9.17, 15) is 23.1 Å². The topological polar surface area (TPSA) is 97.5 Å². The molecule has 1 aliphatic carbocycles. The molecule has 0 aliphatic heterocycles. The Morgan fingerprint density at radius 2 is 1.93 bits per heavy atom. The minimum absolute atomic E-state index is 0.0484. The van der Waals surface area contributed by atoms with Gasteiger partial charge in [0.15, 0.2) is 5.65 Å². The molecule has 2 N–H and O–H groups in total. The summed E-state index contributed by atoms with van der Waals surface area (Å²) in [5.74, 6) is -1.03. The normalized spacial score (nSPS) is 16.5. The van der Waals surface area contributed by atoms with E-state index in [1.165, 1.54) is 29.2 Å². The van der Waals surface area contributed by atoms with Gasteiger partial charge in [0.2, 0.25) is 0 Å². The maximum Gasteiger partial charge on any atom is 0.396 e. The van der Waals surface area contributed by atoms with Crippen LogP contribution in [0.1, 0.15) is 34.9 Å². The van der Waals surface area contributed by atoms with E-state index >= 15 is 0 Å². The third kappa shape index (κ3) is 3.75. The lowest BCUT2D eigenvalue weighted by Crippen LogP contribution is -2.30. The smallest absolute Gasteiger partial charge is 0.396 e. The molecule has 2 aromatic heterocycles. The zero-order valence-corrected chi connectivity index (χ0v) is 15.6. The van der Waals surface area contributed by atoms with Crippen LogP contribution in [-0.2, 0) is 4.74 Å². The number of alkyl halides is 3. The molecule has 30 heavy (non-hydrogen) atoms. The molecule has 0 radical (unpaired) electrons. The van der Waals surface area contributed by atoms with Crippen molar-refractivity contribution in [2.75, 3.05) is 13.2 Å². The summed E-state index contributed by atoms with van der Waals surface area (Å²) in [5.41, 5.74) is -0.121. The predicted octanol–water partition coefficient (Wildman–Crippen LogP) is 3.51. The minimum atomic E-state index is -4.30. The van der Waals surface area contributed by atoms with Crippen LogP contribution < -0.4 is 0 Å². The highest BCUT2D eigenvalue weighted by Crippen LogP contribution is 2.57. The van der Waals surface area contributed by atoms with Crippen molar-refractivity contribution >= 4 is 17.0 Å². The van der Waals surface area contributed by atoms with Gasteiger partial charge in [-0.15, -0.1) is 0 Å². The summed E-state index contributed by atoms with van der Waals surface area (Å²) in [6.45, 7) is -0.733. The molecule has 1 aliphatic rings. The summed E-state index contributed by atoms with van der Waals surface area (Å²) in [5, 5.41) is 24.1. The maximum atomic E-state index is 12.9. The Kier molecular flexibility index (Phi) is 4.99. The quantitative estimate of drug-likeness (QED) is 0.606. The van der Waals surface area contributed by atoms with E-state index in [4.69, 9.17) is 9.84 Å². The molecule has 3 aromatic rings. The van der Waals surface area contributed by atoms with Crippen molar-refractivity contribution < 1.29 is 32.9 Å². The van der Waals surface area contributed by atoms with Gasteiger partial charge in [-0.05, 0) is 43.2 Å². The number of aliphatic hydroxyl groups excluding tert-OH is 1. The standard InChI is InChI=1S/C20H18F3N3O4/c21-20(22,23)19(5-6-19)11-30-10-16(27)13-7-14-9-25-26(17(14)24-8-13)15-3-1-12(2-4-15)18(28)29/h1-4,7-9,16,27H,5-6,10-11H2,(H,28,29)/t16-/m0/s1. The number of rotatable bonds is 7. The number of fused-ring (bicyclic) bond motifs is 1. The fourth-order valence-corrected chi connectivity index (χ4v) is 3.18. The lowest BCUT2D eigenvalue weighted by atomic mass is 10.1. The Bertz CT molecular complexity index is 1080. The number of hydrogen-bond acceptors (Lipinski definition) is 5. The molecule has 158 valence electrons. The molecule has 4 rings (SSSR count). The minimum Gasteiger partial charge on any atom is -0.478 e. The highest BCUT2D eigenvalue weighted by Gasteiger charge is 2.63. The Morgan fingerprint density at radius 1 is 1.23 bits per heavy atom. The second kappa shape index (κ2) is 7.37. The van der Waals surface area contributed by atoms with Gasteiger partial charge in [0.05, 0.1) is 36.1 Å². The molecule has 0 saturated heterocycles. The van der Waals surface area contributed by atoms with Crippen molar-refractivity contribution in [3.8, 4) is 5.69 Å². The van der Waals surface area contributed by atoms with Gasteiger partial charge in [-0.25, -0.2) is 14.5 Å². The molecule has 0 unspecified atom stereocenters. The Labute approximate surface area is 168 Å². The molecule has 1 fully saturated rings. The van der Waals surface area contributed by atoms with Gasteiger partial charge in [-0.1, -0.05) is 0 Å². The third-order valence-electron chi connectivity index (χ3n) is 5.28. The number of nitrogens with zero attached hydrogens (tertiary/aromatic N) is 3. The van der Waals surface area contributed by atoms with Crippen molar-refractivity contribution in [1.29, 1.82) is 0 Å². The number of carboxylic acids is 1. The number of benzene rings is 1. The predicted molar refractivity (Wildman–Crippen MR) is 99.3 cm³/mol. The average molecular weight is 421 g/mol. The van der Waals surface area contributed by atoms with Crippen molar-refractivity contribution in [3.63, 3.8) is 0 Å². The van der Waals surface area contributed by atoms with Gasteiger partial charge >= 0.3 is 12.1 Å². The molecule has 0 amide bonds. The highest BCUT2D eigenvalue weighted by atomic mass is 19.4. The number of halogens is 3. The van der Waals surface area contributed by atoms with E-state index in [1.807, 2.05) is 0 Å². The molecule has 1 atom stereocenters. The van der Waals surface area contributed by atoms with E-state index in [-0.39, 0.29) is 25.0 Å². The second-order valence-electron chi connectivity index (χ2n) is 7.40. The Hall–Kier alpha value is -2.98. The molecule has 7 nitrogen and oxygen atoms in total. The molecular formula is C20H18F3N3O4. The number of hydrogen-bond donors (Lipinski definition) is 2. The molecule has 1 aromatic carbocycles. The summed E-state index contributed by atoms with van der Waals surface area (Å²) in [4.78, 5) is 15.3. The van der Waals surface area contributed by atoms with Crippen LogP contribution in [0, 0.1) is 5.41 Å². The first-order valence-corrected chi connectivity index (χ1v) is 9.20. The summed E-state index contributed by atoms with van der Waals surface area (Å²) >= 11 is 0. The van der Waals surface area contributed by atoms with Gasteiger partial charge in [0, 0.05) is 17.1 Å². The number of aromatic nitrogens is 3. The third-order valence-corrected chi connectivity index (χ3v) is 5.28. The van der Waals surface area contributed by atoms with Crippen LogP contribution in [0.25, 0.3) is 16.7 Å². The van der Waals surface area contributed by atoms with Crippen LogP contribution in [0.3, 0.4) is 0 Å². The van der Waals surface area contributed by atoms with Crippen LogP contribution >= 0.6 is 0 Å². The van der Waals surface area contributed by atoms with Crippen molar-refractivity contribution in [2.45, 2.75) is 25.1 Å². The van der Waals surface area contributed by atoms with E-state index in [0.717, 1.165) is 0 Å². The number of carboxylic acid groups (broad SMARTS) is 1. The fourth-order valence-electron chi connectivity index (χ4n) is 3.18. The summed E-state index contributed by atoms with van der Waals surface area (Å²) < 4.78 is 45.5. The maximum absolute atomic E-state index is 12.9. The van der Waals surface area contributed by atoms with Gasteiger partial charge in [-0.3, -0.25) is 0 Å². The Morgan fingerprint density at radius 3 is 2.53 bits per heavy atom. The first-order valence-electron chi connectivity index (χ1n) is 9.20. The van der Waals surface area contributed by atoms with Crippen LogP contribution in [0.15, 0.2) is 42.7 Å². The van der Waals surface area contributed by atoms with E-state index in [1.54, 1.807) is 18.2 Å². The lowest BCUT2D eigenvalue weighted by Gasteiger charge is -2.20. The van der Waals surface area contributed by atoms with Crippen molar-refractivity contribution in [3.05, 3.63) is 53.9 Å². The number of aromatic carboxylic acids is 1. The Balaban J connectivity index is 1.46. The molecular weight excluding hydrogens is 403 g/mol. The van der Waals surface area contributed by atoms with Crippen LogP contribution in [0.4, 0.5) is 13.2 Å². The summed E-state index contributed by atoms with van der Waals surface area (Å²) in [6, 6.07) is 7.75. The largest absolute Gasteiger partial charge is 0.478 e. The van der Waals surface area contributed by atoms with Crippen LogP contribution in [0.2, 0.25) is 0 Å². The number of aliphatic hydroxyl groups is 1. The second-order valence-corrected chi connectivity index (χ2v) is 7.40. The van der Waals surface area contributed by atoms with E-state index in [2.05, 4.69) is 10.1 Å². The van der Waals surface area contributed by atoms with Gasteiger partial charge < -0.3 is 14.9 Å². The number of ether oxygens (including phenoxy) is 1. The number of carbonyl (C=O) groups is 1.